The Balaban J connectivity index is 2.08. The molecule has 0 aromatic heterocycles. The molecule has 0 spiro atoms. The molecule has 0 N–H and O–H groups in total. The monoisotopic (exact) mass is 293 g/mol. The third-order valence-electron chi connectivity index (χ3n) is 5.23. The Bertz CT molecular complexity index is 471. The number of carbonyl (C=O) groups is 1. The Morgan fingerprint density at radius 1 is 1.45 bits per heavy atom. The molecule has 20 heavy (non-hydrogen) atoms. The Labute approximate surface area is 123 Å². The first-order valence-corrected chi connectivity index (χ1v) is 10.4. The van der Waals surface area contributed by atoms with Crippen LogP contribution in [0, 0.1) is 5.92 Å². The molecule has 0 radical (unpaired) electrons. The molecule has 4 heteroatoms. The van der Waals surface area contributed by atoms with Gasteiger partial charge in [0.2, 0.25) is 5.91 Å². The second kappa shape index (κ2) is 4.87. The van der Waals surface area contributed by atoms with Crippen LogP contribution in [0.5, 0.6) is 0 Å². The smallest absolute Gasteiger partial charge is 0.235 e. The van der Waals surface area contributed by atoms with E-state index in [1.165, 1.54) is 0 Å². The molecule has 3 nitrogen and oxygen atoms in total. The molecule has 2 saturated heterocycles. The van der Waals surface area contributed by atoms with Crippen LogP contribution >= 0.6 is 0 Å². The zero-order valence-electron chi connectivity index (χ0n) is 13.6. The maximum Gasteiger partial charge on any atom is 0.235 e. The molecular weight excluding hydrogens is 266 g/mol. The van der Waals surface area contributed by atoms with Crippen LogP contribution < -0.4 is 0 Å². The molecular formula is C16H27NO2Si. The third-order valence-corrected chi connectivity index (χ3v) is 9.81. The van der Waals surface area contributed by atoms with E-state index in [1.54, 1.807) is 0 Å². The van der Waals surface area contributed by atoms with E-state index >= 15 is 0 Å². The largest absolute Gasteiger partial charge is 0.413 e. The van der Waals surface area contributed by atoms with Crippen LogP contribution in [-0.2, 0) is 9.22 Å². The number of fused-ring (bicyclic) bond motifs is 1. The summed E-state index contributed by atoms with van der Waals surface area (Å²) in [5, 5.41) is 0.176. The molecule has 0 aromatic rings. The van der Waals surface area contributed by atoms with Gasteiger partial charge in [0.1, 0.15) is 0 Å². The van der Waals surface area contributed by atoms with E-state index < -0.39 is 8.32 Å². The lowest BCUT2D eigenvalue weighted by Gasteiger charge is -2.48. The number of hydrogen-bond acceptors (Lipinski definition) is 2. The van der Waals surface area contributed by atoms with Gasteiger partial charge in [-0.2, -0.15) is 0 Å². The molecule has 2 fully saturated rings. The van der Waals surface area contributed by atoms with Crippen molar-refractivity contribution < 1.29 is 9.22 Å². The molecule has 0 bridgehead atoms. The molecule has 2 aliphatic rings. The molecule has 0 unspecified atom stereocenters. The van der Waals surface area contributed by atoms with Crippen molar-refractivity contribution in [1.29, 1.82) is 0 Å². The molecule has 2 rings (SSSR count). The Morgan fingerprint density at radius 2 is 2.05 bits per heavy atom. The van der Waals surface area contributed by atoms with Gasteiger partial charge in [-0.15, -0.1) is 5.73 Å². The number of nitrogens with zero attached hydrogens (tertiary/aromatic N) is 1. The molecule has 2 heterocycles. The van der Waals surface area contributed by atoms with Gasteiger partial charge in [-0.1, -0.05) is 27.4 Å². The quantitative estimate of drug-likeness (QED) is 0.451. The van der Waals surface area contributed by atoms with Crippen LogP contribution in [0.15, 0.2) is 18.0 Å². The maximum atomic E-state index is 12.4. The summed E-state index contributed by atoms with van der Waals surface area (Å²) in [6.07, 6.45) is 1.96. The van der Waals surface area contributed by atoms with E-state index in [1.807, 2.05) is 4.90 Å². The van der Waals surface area contributed by atoms with E-state index in [0.717, 1.165) is 18.5 Å². The molecule has 112 valence electrons. The summed E-state index contributed by atoms with van der Waals surface area (Å²) in [6.45, 7) is 16.9. The first kappa shape index (κ1) is 15.6. The zero-order chi connectivity index (χ0) is 15.3. The van der Waals surface area contributed by atoms with Crippen molar-refractivity contribution in [3.63, 3.8) is 0 Å². The van der Waals surface area contributed by atoms with Crippen molar-refractivity contribution >= 4 is 14.2 Å². The Hall–Kier alpha value is -0.833. The normalized spacial score (nSPS) is 28.0. The molecule has 1 amide bonds. The highest BCUT2D eigenvalue weighted by molar-refractivity contribution is 6.74. The molecule has 0 aliphatic carbocycles. The number of amides is 1. The summed E-state index contributed by atoms with van der Waals surface area (Å²) in [7, 11) is -1.82. The fourth-order valence-corrected chi connectivity index (χ4v) is 4.45. The predicted molar refractivity (Wildman–Crippen MR) is 83.8 cm³/mol. The van der Waals surface area contributed by atoms with Gasteiger partial charge < -0.3 is 9.33 Å². The minimum absolute atomic E-state index is 0.00815. The average Bonchev–Trinajstić information content (AvgIpc) is 2.65. The Morgan fingerprint density at radius 3 is 2.55 bits per heavy atom. The summed E-state index contributed by atoms with van der Waals surface area (Å²) in [6, 6.07) is 0.312. The van der Waals surface area contributed by atoms with Gasteiger partial charge in [0.25, 0.3) is 0 Å². The number of carbonyl (C=O) groups excluding carboxylic acids is 1. The number of allylic oxidation sites excluding steroid dienone is 1. The minimum Gasteiger partial charge on any atom is -0.413 e. The summed E-state index contributed by atoms with van der Waals surface area (Å²) in [5.41, 5.74) is 3.87. The SMILES string of the molecule is C=C=C1CC[C@@H]2[C@@H]([C@@H](C)O[Si](C)(C)C(C)(C)C)C(=O)N12. The van der Waals surface area contributed by atoms with Crippen LogP contribution in [0.25, 0.3) is 0 Å². The second-order valence-electron chi connectivity index (χ2n) is 7.55. The van der Waals surface area contributed by atoms with Gasteiger partial charge in [0.05, 0.1) is 23.8 Å². The van der Waals surface area contributed by atoms with Crippen LogP contribution in [0.3, 0.4) is 0 Å². The number of rotatable bonds is 3. The van der Waals surface area contributed by atoms with Gasteiger partial charge in [0, 0.05) is 0 Å². The average molecular weight is 293 g/mol. The van der Waals surface area contributed by atoms with Crippen LogP contribution in [0.4, 0.5) is 0 Å². The predicted octanol–water partition coefficient (Wildman–Crippen LogP) is 3.69. The van der Waals surface area contributed by atoms with Crippen LogP contribution in [0.2, 0.25) is 18.1 Å². The van der Waals surface area contributed by atoms with E-state index in [9.17, 15) is 4.79 Å². The van der Waals surface area contributed by atoms with Gasteiger partial charge >= 0.3 is 0 Å². The lowest BCUT2D eigenvalue weighted by Crippen LogP contribution is -2.62. The molecule has 0 saturated carbocycles. The summed E-state index contributed by atoms with van der Waals surface area (Å²) < 4.78 is 6.40. The topological polar surface area (TPSA) is 29.5 Å². The van der Waals surface area contributed by atoms with Crippen molar-refractivity contribution in [2.75, 3.05) is 0 Å². The standard InChI is InChI=1S/C16H27NO2Si/c1-8-12-9-10-13-14(15(18)17(12)13)11(2)19-20(6,7)16(3,4)5/h11,13-14H,1,9-10H2,2-7H3/t11-,13-,14-/m1/s1. The summed E-state index contributed by atoms with van der Waals surface area (Å²) in [5.74, 6) is 0.222. The van der Waals surface area contributed by atoms with E-state index in [0.29, 0.717) is 6.04 Å². The van der Waals surface area contributed by atoms with Gasteiger partial charge in [0.15, 0.2) is 8.32 Å². The molecule has 0 aromatic carbocycles. The van der Waals surface area contributed by atoms with Gasteiger partial charge in [-0.05, 0) is 37.9 Å². The van der Waals surface area contributed by atoms with Gasteiger partial charge in [-0.3, -0.25) is 4.79 Å². The fourth-order valence-electron chi connectivity index (χ4n) is 3.02. The highest BCUT2D eigenvalue weighted by Gasteiger charge is 2.55. The van der Waals surface area contributed by atoms with Crippen molar-refractivity contribution in [2.24, 2.45) is 5.92 Å². The first-order chi connectivity index (χ1) is 9.10. The summed E-state index contributed by atoms with van der Waals surface area (Å²) >= 11 is 0. The Kier molecular flexibility index (Phi) is 3.78. The van der Waals surface area contributed by atoms with Crippen LogP contribution in [0.1, 0.15) is 40.5 Å². The van der Waals surface area contributed by atoms with Crippen molar-refractivity contribution in [3.05, 3.63) is 18.0 Å². The molecule has 2 aliphatic heterocycles. The van der Waals surface area contributed by atoms with Crippen molar-refractivity contribution in [1.82, 2.24) is 4.90 Å². The lowest BCUT2D eigenvalue weighted by atomic mass is 9.84. The zero-order valence-corrected chi connectivity index (χ0v) is 14.6. The van der Waals surface area contributed by atoms with E-state index in [4.69, 9.17) is 4.43 Å². The van der Waals surface area contributed by atoms with E-state index in [2.05, 4.69) is 53.1 Å². The van der Waals surface area contributed by atoms with E-state index in [-0.39, 0.29) is 23.0 Å². The van der Waals surface area contributed by atoms with Crippen molar-refractivity contribution in [3.8, 4) is 0 Å². The van der Waals surface area contributed by atoms with Crippen LogP contribution in [-0.4, -0.2) is 31.3 Å². The fraction of sp³-hybridized carbons (Fsp3) is 0.750. The number of β-lactam (4-membered cyclic amide) rings is 1. The summed E-state index contributed by atoms with van der Waals surface area (Å²) in [4.78, 5) is 14.2. The molecule has 3 atom stereocenters. The third kappa shape index (κ3) is 2.30. The second-order valence-corrected chi connectivity index (χ2v) is 12.3. The minimum atomic E-state index is -1.82. The maximum absolute atomic E-state index is 12.4. The van der Waals surface area contributed by atoms with Gasteiger partial charge in [-0.25, -0.2) is 0 Å². The first-order valence-electron chi connectivity index (χ1n) is 7.50. The number of hydrogen-bond donors (Lipinski definition) is 0. The lowest BCUT2D eigenvalue weighted by molar-refractivity contribution is -0.155. The van der Waals surface area contributed by atoms with Crippen molar-refractivity contribution in [2.45, 2.75) is 70.8 Å². The highest BCUT2D eigenvalue weighted by Crippen LogP contribution is 2.45. The highest BCUT2D eigenvalue weighted by atomic mass is 28.4.